The molecule has 0 fully saturated rings. The third-order valence-electron chi connectivity index (χ3n) is 3.36. The van der Waals surface area contributed by atoms with E-state index in [-0.39, 0.29) is 26.6 Å². The van der Waals surface area contributed by atoms with Crippen molar-refractivity contribution in [2.75, 3.05) is 12.8 Å². The molecule has 1 aromatic heterocycles. The van der Waals surface area contributed by atoms with Crippen molar-refractivity contribution in [2.45, 2.75) is 13.8 Å². The van der Waals surface area contributed by atoms with Crippen LogP contribution in [0.4, 0.5) is 5.69 Å². The summed E-state index contributed by atoms with van der Waals surface area (Å²) in [6, 6.07) is 5.63. The van der Waals surface area contributed by atoms with Crippen LogP contribution in [0.25, 0.3) is 0 Å². The van der Waals surface area contributed by atoms with E-state index in [1.807, 2.05) is 25.1 Å². The molecule has 9 heteroatoms. The molecule has 0 aliphatic rings. The van der Waals surface area contributed by atoms with Gasteiger partial charge in [0.2, 0.25) is 0 Å². The largest absolute Gasteiger partial charge is 0.496 e. The van der Waals surface area contributed by atoms with Gasteiger partial charge >= 0.3 is 0 Å². The number of hydrogen-bond donors (Lipinski definition) is 2. The van der Waals surface area contributed by atoms with Gasteiger partial charge in [0.25, 0.3) is 5.91 Å². The summed E-state index contributed by atoms with van der Waals surface area (Å²) in [6.45, 7) is 3.67. The number of ether oxygens (including phenoxy) is 1. The monoisotopic (exact) mass is 400 g/mol. The summed E-state index contributed by atoms with van der Waals surface area (Å²) in [7, 11) is 1.56. The Bertz CT molecular complexity index is 869. The van der Waals surface area contributed by atoms with Crippen molar-refractivity contribution in [3.05, 3.63) is 50.2 Å². The number of benzene rings is 1. The fraction of sp³-hybridized carbons (Fsp3) is 0.188. The summed E-state index contributed by atoms with van der Waals surface area (Å²) in [6.07, 6.45) is 0. The van der Waals surface area contributed by atoms with E-state index < -0.39 is 5.91 Å². The van der Waals surface area contributed by atoms with Crippen molar-refractivity contribution in [2.24, 2.45) is 5.10 Å². The molecule has 132 valence electrons. The van der Waals surface area contributed by atoms with Gasteiger partial charge in [-0.15, -0.1) is 0 Å². The smallest absolute Gasteiger partial charge is 0.291 e. The summed E-state index contributed by atoms with van der Waals surface area (Å²) in [5.41, 5.74) is 10.2. The minimum absolute atomic E-state index is 0.00704. The van der Waals surface area contributed by atoms with Gasteiger partial charge in [-0.3, -0.25) is 4.79 Å². The van der Waals surface area contributed by atoms with E-state index in [9.17, 15) is 4.79 Å². The Morgan fingerprint density at radius 2 is 1.96 bits per heavy atom. The molecule has 1 amide bonds. The molecule has 1 aromatic carbocycles. The molecule has 0 bridgehead atoms. The molecule has 2 aromatic rings. The van der Waals surface area contributed by atoms with Gasteiger partial charge in [-0.25, -0.2) is 10.4 Å². The summed E-state index contributed by atoms with van der Waals surface area (Å²) < 4.78 is 5.30. The number of rotatable bonds is 4. The number of pyridine rings is 1. The van der Waals surface area contributed by atoms with Crippen LogP contribution in [0.15, 0.2) is 23.3 Å². The predicted molar refractivity (Wildman–Crippen MR) is 101 cm³/mol. The fourth-order valence-corrected chi connectivity index (χ4v) is 2.63. The molecule has 0 aliphatic heterocycles. The number of hydrazone groups is 1. The van der Waals surface area contributed by atoms with Gasteiger partial charge in [0.05, 0.1) is 23.5 Å². The van der Waals surface area contributed by atoms with E-state index in [4.69, 9.17) is 45.3 Å². The molecule has 0 spiro atoms. The summed E-state index contributed by atoms with van der Waals surface area (Å²) >= 11 is 17.7. The summed E-state index contributed by atoms with van der Waals surface area (Å²) in [4.78, 5) is 16.1. The first-order chi connectivity index (χ1) is 11.8. The minimum atomic E-state index is -0.666. The number of carbonyl (C=O) groups is 1. The predicted octanol–water partition coefficient (Wildman–Crippen LogP) is 4.10. The van der Waals surface area contributed by atoms with E-state index in [2.05, 4.69) is 15.5 Å². The number of nitrogens with two attached hydrogens (primary N) is 1. The zero-order chi connectivity index (χ0) is 18.7. The number of nitrogens with one attached hydrogen (secondary N) is 1. The average molecular weight is 402 g/mol. The molecular weight excluding hydrogens is 387 g/mol. The van der Waals surface area contributed by atoms with E-state index in [0.29, 0.717) is 11.5 Å². The van der Waals surface area contributed by atoms with E-state index >= 15 is 0 Å². The lowest BCUT2D eigenvalue weighted by molar-refractivity contribution is 0.0950. The molecule has 1 heterocycles. The van der Waals surface area contributed by atoms with Crippen molar-refractivity contribution < 1.29 is 9.53 Å². The molecule has 0 radical (unpaired) electrons. The van der Waals surface area contributed by atoms with Crippen LogP contribution in [-0.2, 0) is 0 Å². The Labute approximate surface area is 159 Å². The third kappa shape index (κ3) is 4.15. The number of hydrogen-bond acceptors (Lipinski definition) is 5. The van der Waals surface area contributed by atoms with Crippen LogP contribution in [0.5, 0.6) is 5.75 Å². The fourth-order valence-electron chi connectivity index (χ4n) is 2.03. The SMILES string of the molecule is COc1ccc(C)cc1/C(C)=N\NC(=O)c1nc(Cl)c(Cl)c(N)c1Cl. The first kappa shape index (κ1) is 19.3. The average Bonchev–Trinajstić information content (AvgIpc) is 2.60. The Morgan fingerprint density at radius 3 is 2.60 bits per heavy atom. The molecule has 0 saturated carbocycles. The lowest BCUT2D eigenvalue weighted by Crippen LogP contribution is -2.21. The highest BCUT2D eigenvalue weighted by molar-refractivity contribution is 6.46. The Kier molecular flexibility index (Phi) is 6.11. The van der Waals surface area contributed by atoms with Gasteiger partial charge in [-0.05, 0) is 26.0 Å². The first-order valence-corrected chi connectivity index (χ1v) is 8.19. The molecule has 6 nitrogen and oxygen atoms in total. The van der Waals surface area contributed by atoms with Crippen molar-refractivity contribution in [3.8, 4) is 5.75 Å². The van der Waals surface area contributed by atoms with Gasteiger partial charge in [-0.1, -0.05) is 46.4 Å². The topological polar surface area (TPSA) is 89.6 Å². The number of nitrogens with zero attached hydrogens (tertiary/aromatic N) is 2. The highest BCUT2D eigenvalue weighted by atomic mass is 35.5. The maximum Gasteiger partial charge on any atom is 0.291 e. The van der Waals surface area contributed by atoms with Crippen molar-refractivity contribution >= 4 is 52.1 Å². The maximum absolute atomic E-state index is 12.3. The molecule has 0 saturated heterocycles. The quantitative estimate of drug-likeness (QED) is 0.458. The molecule has 25 heavy (non-hydrogen) atoms. The van der Waals surface area contributed by atoms with Crippen LogP contribution in [0, 0.1) is 6.92 Å². The van der Waals surface area contributed by atoms with Crippen molar-refractivity contribution in [1.82, 2.24) is 10.4 Å². The van der Waals surface area contributed by atoms with Gasteiger partial charge in [0.1, 0.15) is 10.8 Å². The molecule has 0 unspecified atom stereocenters. The van der Waals surface area contributed by atoms with Gasteiger partial charge in [-0.2, -0.15) is 5.10 Å². The number of aryl methyl sites for hydroxylation is 1. The molecule has 0 aliphatic carbocycles. The van der Waals surface area contributed by atoms with Crippen LogP contribution in [0.2, 0.25) is 15.2 Å². The zero-order valence-corrected chi connectivity index (χ0v) is 15.9. The number of carbonyl (C=O) groups excluding carboxylic acids is 1. The lowest BCUT2D eigenvalue weighted by Gasteiger charge is -2.10. The zero-order valence-electron chi connectivity index (χ0n) is 13.7. The Balaban J connectivity index is 2.31. The second kappa shape index (κ2) is 7.91. The third-order valence-corrected chi connectivity index (χ3v) is 4.49. The van der Waals surface area contributed by atoms with Crippen LogP contribution in [0.3, 0.4) is 0 Å². The molecular formula is C16H15Cl3N4O2. The van der Waals surface area contributed by atoms with Gasteiger partial charge in [0.15, 0.2) is 10.8 Å². The molecule has 0 atom stereocenters. The number of nitrogen functional groups attached to an aromatic ring is 1. The second-order valence-electron chi connectivity index (χ2n) is 5.13. The van der Waals surface area contributed by atoms with Crippen LogP contribution in [-0.4, -0.2) is 23.7 Å². The highest BCUT2D eigenvalue weighted by Crippen LogP contribution is 2.34. The number of anilines is 1. The van der Waals surface area contributed by atoms with Gasteiger partial charge in [0, 0.05) is 5.56 Å². The van der Waals surface area contributed by atoms with Gasteiger partial charge < -0.3 is 10.5 Å². The minimum Gasteiger partial charge on any atom is -0.496 e. The second-order valence-corrected chi connectivity index (χ2v) is 6.25. The van der Waals surface area contributed by atoms with Crippen LogP contribution in [0.1, 0.15) is 28.5 Å². The van der Waals surface area contributed by atoms with E-state index in [0.717, 1.165) is 11.1 Å². The van der Waals surface area contributed by atoms with E-state index in [1.54, 1.807) is 14.0 Å². The van der Waals surface area contributed by atoms with E-state index in [1.165, 1.54) is 0 Å². The lowest BCUT2D eigenvalue weighted by atomic mass is 10.1. The van der Waals surface area contributed by atoms with Crippen LogP contribution < -0.4 is 15.9 Å². The highest BCUT2D eigenvalue weighted by Gasteiger charge is 2.19. The Morgan fingerprint density at radius 1 is 1.28 bits per heavy atom. The molecule has 2 rings (SSSR count). The maximum atomic E-state index is 12.3. The summed E-state index contributed by atoms with van der Waals surface area (Å²) in [5.74, 6) is -0.0303. The van der Waals surface area contributed by atoms with Crippen molar-refractivity contribution in [1.29, 1.82) is 0 Å². The summed E-state index contributed by atoms with van der Waals surface area (Å²) in [5, 5.41) is 3.85. The normalized spacial score (nSPS) is 11.4. The molecule has 3 N–H and O–H groups in total. The number of amides is 1. The number of aromatic nitrogens is 1. The number of methoxy groups -OCH3 is 1. The number of halogens is 3. The first-order valence-electron chi connectivity index (χ1n) is 7.05. The van der Waals surface area contributed by atoms with Crippen LogP contribution >= 0.6 is 34.8 Å². The standard InChI is InChI=1S/C16H15Cl3N4O2/c1-7-4-5-10(25-3)9(6-7)8(2)22-23-16(24)14-11(17)13(20)12(18)15(19)21-14/h4-6H,1-3H3,(H2,20,21)(H,23,24)/b22-8-. The van der Waals surface area contributed by atoms with Crippen molar-refractivity contribution in [3.63, 3.8) is 0 Å². The Hall–Kier alpha value is -2.02.